The van der Waals surface area contributed by atoms with Gasteiger partial charge in [-0.2, -0.15) is 5.26 Å². The van der Waals surface area contributed by atoms with Gasteiger partial charge in [-0.25, -0.2) is 0 Å². The number of amides is 1. The second kappa shape index (κ2) is 7.93. The molecule has 1 saturated heterocycles. The van der Waals surface area contributed by atoms with Crippen molar-refractivity contribution in [3.8, 4) is 6.07 Å². The third-order valence-electron chi connectivity index (χ3n) is 4.50. The highest BCUT2D eigenvalue weighted by Gasteiger charge is 2.18. The summed E-state index contributed by atoms with van der Waals surface area (Å²) in [5.41, 5.74) is 2.91. The minimum Gasteiger partial charge on any atom is -0.379 e. The van der Waals surface area contributed by atoms with Crippen LogP contribution in [0.2, 0.25) is 0 Å². The van der Waals surface area contributed by atoms with Crippen LogP contribution >= 0.6 is 0 Å². The molecule has 0 unspecified atom stereocenters. The van der Waals surface area contributed by atoms with Gasteiger partial charge < -0.3 is 10.1 Å². The van der Waals surface area contributed by atoms with E-state index in [0.29, 0.717) is 17.2 Å². The van der Waals surface area contributed by atoms with Crippen LogP contribution in [0.15, 0.2) is 48.5 Å². The molecule has 1 amide bonds. The van der Waals surface area contributed by atoms with E-state index in [4.69, 9.17) is 10.00 Å². The molecule has 5 nitrogen and oxygen atoms in total. The third-order valence-corrected chi connectivity index (χ3v) is 4.50. The molecular formula is C20H21N3O2. The number of anilines is 1. The third kappa shape index (κ3) is 4.24. The van der Waals surface area contributed by atoms with Crippen molar-refractivity contribution in [1.29, 1.82) is 5.26 Å². The number of carbonyl (C=O) groups is 1. The Hall–Kier alpha value is -2.68. The lowest BCUT2D eigenvalue weighted by Gasteiger charge is -2.32. The molecule has 1 fully saturated rings. The van der Waals surface area contributed by atoms with E-state index in [2.05, 4.69) is 17.1 Å². The normalized spacial score (nSPS) is 16.0. The first-order valence-electron chi connectivity index (χ1n) is 8.40. The van der Waals surface area contributed by atoms with Crippen LogP contribution < -0.4 is 5.32 Å². The zero-order chi connectivity index (χ0) is 17.6. The maximum atomic E-state index is 12.3. The fourth-order valence-corrected chi connectivity index (χ4v) is 2.95. The summed E-state index contributed by atoms with van der Waals surface area (Å²) < 4.78 is 5.40. The smallest absolute Gasteiger partial charge is 0.255 e. The van der Waals surface area contributed by atoms with Crippen molar-refractivity contribution in [2.24, 2.45) is 0 Å². The lowest BCUT2D eigenvalue weighted by molar-refractivity contribution is 0.0198. The van der Waals surface area contributed by atoms with Gasteiger partial charge in [-0.3, -0.25) is 9.69 Å². The molecule has 2 aromatic rings. The van der Waals surface area contributed by atoms with Crippen molar-refractivity contribution in [3.05, 3.63) is 65.2 Å². The van der Waals surface area contributed by atoms with E-state index < -0.39 is 0 Å². The van der Waals surface area contributed by atoms with Crippen LogP contribution in [-0.4, -0.2) is 37.1 Å². The van der Waals surface area contributed by atoms with Gasteiger partial charge in [0.05, 0.1) is 24.8 Å². The molecule has 2 aromatic carbocycles. The molecule has 0 radical (unpaired) electrons. The average Bonchev–Trinajstić information content (AvgIpc) is 2.68. The lowest BCUT2D eigenvalue weighted by atomic mass is 10.1. The first kappa shape index (κ1) is 17.2. The van der Waals surface area contributed by atoms with Crippen LogP contribution in [0.3, 0.4) is 0 Å². The van der Waals surface area contributed by atoms with Crippen molar-refractivity contribution < 1.29 is 9.53 Å². The van der Waals surface area contributed by atoms with Gasteiger partial charge in [0.1, 0.15) is 0 Å². The van der Waals surface area contributed by atoms with Crippen LogP contribution in [0.1, 0.15) is 34.5 Å². The number of hydrogen-bond donors (Lipinski definition) is 1. The van der Waals surface area contributed by atoms with Crippen molar-refractivity contribution in [3.63, 3.8) is 0 Å². The Bertz CT molecular complexity index is 774. The molecule has 1 aliphatic rings. The first-order valence-corrected chi connectivity index (χ1v) is 8.40. The van der Waals surface area contributed by atoms with Gasteiger partial charge in [0, 0.05) is 30.4 Å². The fraction of sp³-hybridized carbons (Fsp3) is 0.300. The molecule has 0 aliphatic carbocycles. The van der Waals surface area contributed by atoms with Crippen molar-refractivity contribution in [2.45, 2.75) is 13.0 Å². The molecule has 0 bridgehead atoms. The second-order valence-electron chi connectivity index (χ2n) is 6.09. The van der Waals surface area contributed by atoms with Crippen molar-refractivity contribution in [2.75, 3.05) is 31.6 Å². The van der Waals surface area contributed by atoms with Gasteiger partial charge >= 0.3 is 0 Å². The summed E-state index contributed by atoms with van der Waals surface area (Å²) in [6, 6.07) is 17.0. The van der Waals surface area contributed by atoms with E-state index in [1.54, 1.807) is 24.3 Å². The monoisotopic (exact) mass is 335 g/mol. The maximum absolute atomic E-state index is 12.3. The van der Waals surface area contributed by atoms with Crippen LogP contribution in [0.25, 0.3) is 0 Å². The Morgan fingerprint density at radius 2 is 1.92 bits per heavy atom. The summed E-state index contributed by atoms with van der Waals surface area (Å²) in [6.45, 7) is 5.62. The zero-order valence-electron chi connectivity index (χ0n) is 14.2. The molecule has 0 saturated carbocycles. The molecular weight excluding hydrogens is 314 g/mol. The van der Waals surface area contributed by atoms with E-state index >= 15 is 0 Å². The van der Waals surface area contributed by atoms with E-state index in [1.807, 2.05) is 30.3 Å². The highest BCUT2D eigenvalue weighted by Crippen LogP contribution is 2.23. The topological polar surface area (TPSA) is 65.4 Å². The minimum absolute atomic E-state index is 0.217. The van der Waals surface area contributed by atoms with E-state index in [0.717, 1.165) is 32.0 Å². The molecule has 0 aromatic heterocycles. The largest absolute Gasteiger partial charge is 0.379 e. The van der Waals surface area contributed by atoms with Crippen LogP contribution in [-0.2, 0) is 4.74 Å². The van der Waals surface area contributed by atoms with Crippen molar-refractivity contribution >= 4 is 11.6 Å². The Morgan fingerprint density at radius 3 is 2.60 bits per heavy atom. The first-order chi connectivity index (χ1) is 12.2. The number of carbonyl (C=O) groups excluding carboxylic acids is 1. The predicted molar refractivity (Wildman–Crippen MR) is 96.4 cm³/mol. The number of nitrogens with zero attached hydrogens (tertiary/aromatic N) is 2. The van der Waals surface area contributed by atoms with Gasteiger partial charge in [-0.05, 0) is 42.8 Å². The molecule has 1 heterocycles. The molecule has 128 valence electrons. The number of rotatable bonds is 4. The van der Waals surface area contributed by atoms with E-state index in [9.17, 15) is 4.79 Å². The number of nitriles is 1. The average molecular weight is 335 g/mol. The number of morpholine rings is 1. The molecule has 0 spiro atoms. The highest BCUT2D eigenvalue weighted by atomic mass is 16.5. The van der Waals surface area contributed by atoms with Crippen LogP contribution in [0, 0.1) is 11.3 Å². The summed E-state index contributed by atoms with van der Waals surface area (Å²) >= 11 is 0. The zero-order valence-corrected chi connectivity index (χ0v) is 14.2. The van der Waals surface area contributed by atoms with Gasteiger partial charge in [0.15, 0.2) is 0 Å². The molecule has 3 rings (SSSR count). The van der Waals surface area contributed by atoms with Gasteiger partial charge in [-0.15, -0.1) is 0 Å². The Balaban J connectivity index is 1.65. The van der Waals surface area contributed by atoms with Gasteiger partial charge in [-0.1, -0.05) is 18.2 Å². The summed E-state index contributed by atoms with van der Waals surface area (Å²) in [4.78, 5) is 14.7. The summed E-state index contributed by atoms with van der Waals surface area (Å²) in [5, 5.41) is 11.8. The maximum Gasteiger partial charge on any atom is 0.255 e. The van der Waals surface area contributed by atoms with Crippen molar-refractivity contribution in [1.82, 2.24) is 4.90 Å². The Morgan fingerprint density at radius 1 is 1.20 bits per heavy atom. The summed E-state index contributed by atoms with van der Waals surface area (Å²) in [7, 11) is 0. The van der Waals surface area contributed by atoms with Gasteiger partial charge in [0.2, 0.25) is 0 Å². The summed E-state index contributed by atoms with van der Waals surface area (Å²) in [5.74, 6) is -0.217. The van der Waals surface area contributed by atoms with Crippen LogP contribution in [0.5, 0.6) is 0 Å². The number of ether oxygens (including phenoxy) is 1. The number of nitrogens with one attached hydrogen (secondary N) is 1. The SMILES string of the molecule is C[C@H](c1ccc(NC(=O)c2cccc(C#N)c2)cc1)N1CCOCC1. The molecule has 5 heteroatoms. The molecule has 1 aliphatic heterocycles. The standard InChI is InChI=1S/C20H21N3O2/c1-15(23-9-11-25-12-10-23)17-5-7-19(8-6-17)22-20(24)18-4-2-3-16(13-18)14-21/h2-8,13,15H,9-12H2,1H3,(H,22,24)/t15-/m1/s1. The fourth-order valence-electron chi connectivity index (χ4n) is 2.95. The van der Waals surface area contributed by atoms with Crippen LogP contribution in [0.4, 0.5) is 5.69 Å². The van der Waals surface area contributed by atoms with E-state index in [-0.39, 0.29) is 5.91 Å². The predicted octanol–water partition coefficient (Wildman–Crippen LogP) is 3.20. The van der Waals surface area contributed by atoms with Gasteiger partial charge in [0.25, 0.3) is 5.91 Å². The molecule has 25 heavy (non-hydrogen) atoms. The summed E-state index contributed by atoms with van der Waals surface area (Å²) in [6.07, 6.45) is 0. The number of benzene rings is 2. The number of hydrogen-bond acceptors (Lipinski definition) is 4. The second-order valence-corrected chi connectivity index (χ2v) is 6.09. The minimum atomic E-state index is -0.217. The Labute approximate surface area is 147 Å². The molecule has 1 N–H and O–H groups in total. The Kier molecular flexibility index (Phi) is 5.44. The molecule has 1 atom stereocenters. The lowest BCUT2D eigenvalue weighted by Crippen LogP contribution is -2.37. The van der Waals surface area contributed by atoms with E-state index in [1.165, 1.54) is 5.56 Å². The highest BCUT2D eigenvalue weighted by molar-refractivity contribution is 6.04. The quantitative estimate of drug-likeness (QED) is 0.932.